The van der Waals surface area contributed by atoms with E-state index in [2.05, 4.69) is 10.2 Å². The molecule has 1 fully saturated rings. The Balaban J connectivity index is 1.58. The minimum absolute atomic E-state index is 0.00275. The molecule has 0 bridgehead atoms. The number of carboxylic acids is 1. The molecule has 0 radical (unpaired) electrons. The molecule has 1 saturated heterocycles. The van der Waals surface area contributed by atoms with E-state index < -0.39 is 5.97 Å². The molecule has 0 spiro atoms. The zero-order valence-electron chi connectivity index (χ0n) is 15.7. The van der Waals surface area contributed by atoms with Crippen LogP contribution < -0.4 is 10.2 Å². The van der Waals surface area contributed by atoms with E-state index in [0.717, 1.165) is 18.8 Å². The lowest BCUT2D eigenvalue weighted by molar-refractivity contribution is -0.129. The van der Waals surface area contributed by atoms with E-state index in [4.69, 9.17) is 0 Å². The van der Waals surface area contributed by atoms with Crippen LogP contribution in [0.4, 0.5) is 11.4 Å². The molecule has 3 rings (SSSR count). The van der Waals surface area contributed by atoms with Gasteiger partial charge in [-0.15, -0.1) is 0 Å². The summed E-state index contributed by atoms with van der Waals surface area (Å²) in [7, 11) is 0. The van der Waals surface area contributed by atoms with Gasteiger partial charge in [-0.05, 0) is 35.9 Å². The van der Waals surface area contributed by atoms with Crippen molar-refractivity contribution < 1.29 is 19.5 Å². The first-order chi connectivity index (χ1) is 13.4. The predicted octanol–water partition coefficient (Wildman–Crippen LogP) is 2.23. The van der Waals surface area contributed by atoms with Gasteiger partial charge in [0.05, 0.1) is 12.0 Å². The Morgan fingerprint density at radius 1 is 0.964 bits per heavy atom. The van der Waals surface area contributed by atoms with Gasteiger partial charge < -0.3 is 20.2 Å². The highest BCUT2D eigenvalue weighted by atomic mass is 16.4. The second kappa shape index (κ2) is 8.56. The standard InChI is InChI=1S/C21H23N3O4/c1-15(25)23-10-12-24(13-11-23)18-8-6-17(7-9-18)22-20(26)14-16-4-2-3-5-19(16)21(27)28/h2-9H,10-14H2,1H3,(H,22,26)(H,27,28). The molecule has 7 nitrogen and oxygen atoms in total. The van der Waals surface area contributed by atoms with Crippen molar-refractivity contribution in [2.24, 2.45) is 0 Å². The van der Waals surface area contributed by atoms with Crippen LogP contribution in [0.1, 0.15) is 22.8 Å². The molecule has 1 aliphatic rings. The van der Waals surface area contributed by atoms with E-state index >= 15 is 0 Å². The number of nitrogens with zero attached hydrogens (tertiary/aromatic N) is 2. The normalized spacial score (nSPS) is 13.9. The molecule has 2 aromatic rings. The Hall–Kier alpha value is -3.35. The largest absolute Gasteiger partial charge is 0.478 e. The van der Waals surface area contributed by atoms with Gasteiger partial charge in [-0.3, -0.25) is 9.59 Å². The summed E-state index contributed by atoms with van der Waals surface area (Å²) in [6.07, 6.45) is -0.00275. The fraction of sp³-hybridized carbons (Fsp3) is 0.286. The van der Waals surface area contributed by atoms with E-state index in [1.165, 1.54) is 6.07 Å². The third-order valence-corrected chi connectivity index (χ3v) is 4.84. The third-order valence-electron chi connectivity index (χ3n) is 4.84. The second-order valence-corrected chi connectivity index (χ2v) is 6.73. The first kappa shape index (κ1) is 19.4. The van der Waals surface area contributed by atoms with E-state index in [9.17, 15) is 19.5 Å². The number of amides is 2. The maximum atomic E-state index is 12.3. The Morgan fingerprint density at radius 2 is 1.61 bits per heavy atom. The van der Waals surface area contributed by atoms with Gasteiger partial charge in [0.15, 0.2) is 0 Å². The van der Waals surface area contributed by atoms with Crippen LogP contribution in [0.3, 0.4) is 0 Å². The Morgan fingerprint density at radius 3 is 2.21 bits per heavy atom. The predicted molar refractivity (Wildman–Crippen MR) is 107 cm³/mol. The number of anilines is 2. The molecule has 1 aliphatic heterocycles. The average molecular weight is 381 g/mol. The number of nitrogens with one attached hydrogen (secondary N) is 1. The zero-order chi connectivity index (χ0) is 20.1. The lowest BCUT2D eigenvalue weighted by Gasteiger charge is -2.35. The minimum atomic E-state index is -1.04. The number of hydrogen-bond donors (Lipinski definition) is 2. The Labute approximate surface area is 163 Å². The highest BCUT2D eigenvalue weighted by molar-refractivity contribution is 5.96. The summed E-state index contributed by atoms with van der Waals surface area (Å²) in [6.45, 7) is 4.55. The van der Waals surface area contributed by atoms with Gasteiger partial charge in [0, 0.05) is 44.5 Å². The molecule has 146 valence electrons. The molecule has 0 aromatic heterocycles. The average Bonchev–Trinajstić information content (AvgIpc) is 2.69. The summed E-state index contributed by atoms with van der Waals surface area (Å²) in [5.74, 6) is -1.21. The van der Waals surface area contributed by atoms with Crippen molar-refractivity contribution >= 4 is 29.2 Å². The highest BCUT2D eigenvalue weighted by Gasteiger charge is 2.19. The molecule has 0 atom stereocenters. The lowest BCUT2D eigenvalue weighted by atomic mass is 10.0. The van der Waals surface area contributed by atoms with Crippen molar-refractivity contribution in [3.05, 3.63) is 59.7 Å². The van der Waals surface area contributed by atoms with E-state index in [-0.39, 0.29) is 23.8 Å². The number of hydrogen-bond acceptors (Lipinski definition) is 4. The van der Waals surface area contributed by atoms with E-state index in [1.54, 1.807) is 25.1 Å². The Bertz CT molecular complexity index is 871. The third kappa shape index (κ3) is 4.68. The smallest absolute Gasteiger partial charge is 0.335 e. The summed E-state index contributed by atoms with van der Waals surface area (Å²) in [5, 5.41) is 12.0. The highest BCUT2D eigenvalue weighted by Crippen LogP contribution is 2.20. The van der Waals surface area contributed by atoms with Gasteiger partial charge in [-0.2, -0.15) is 0 Å². The summed E-state index contributed by atoms with van der Waals surface area (Å²) in [5.41, 5.74) is 2.31. The van der Waals surface area contributed by atoms with Gasteiger partial charge in [-0.1, -0.05) is 18.2 Å². The van der Waals surface area contributed by atoms with Crippen molar-refractivity contribution in [1.29, 1.82) is 0 Å². The number of rotatable bonds is 5. The monoisotopic (exact) mass is 381 g/mol. The number of piperazine rings is 1. The summed E-state index contributed by atoms with van der Waals surface area (Å²) >= 11 is 0. The fourth-order valence-electron chi connectivity index (χ4n) is 3.30. The molecule has 0 unspecified atom stereocenters. The molecular weight excluding hydrogens is 358 g/mol. The fourth-order valence-corrected chi connectivity index (χ4v) is 3.30. The molecule has 0 aliphatic carbocycles. The van der Waals surface area contributed by atoms with Crippen molar-refractivity contribution in [3.63, 3.8) is 0 Å². The number of benzene rings is 2. The molecule has 2 aromatic carbocycles. The molecule has 7 heteroatoms. The van der Waals surface area contributed by atoms with Crippen LogP contribution in [-0.2, 0) is 16.0 Å². The molecule has 0 saturated carbocycles. The lowest BCUT2D eigenvalue weighted by Crippen LogP contribution is -2.48. The molecule has 2 N–H and O–H groups in total. The van der Waals surface area contributed by atoms with Crippen molar-refractivity contribution in [2.45, 2.75) is 13.3 Å². The number of carbonyl (C=O) groups excluding carboxylic acids is 2. The van der Waals surface area contributed by atoms with Crippen molar-refractivity contribution in [3.8, 4) is 0 Å². The SMILES string of the molecule is CC(=O)N1CCN(c2ccc(NC(=O)Cc3ccccc3C(=O)O)cc2)CC1. The van der Waals surface area contributed by atoms with E-state index in [1.807, 2.05) is 29.2 Å². The van der Waals surface area contributed by atoms with Crippen LogP contribution in [0.2, 0.25) is 0 Å². The van der Waals surface area contributed by atoms with Gasteiger partial charge in [0.25, 0.3) is 0 Å². The van der Waals surface area contributed by atoms with Crippen LogP contribution in [0.5, 0.6) is 0 Å². The number of carboxylic acid groups (broad SMARTS) is 1. The van der Waals surface area contributed by atoms with Crippen LogP contribution in [0.15, 0.2) is 48.5 Å². The van der Waals surface area contributed by atoms with Crippen molar-refractivity contribution in [1.82, 2.24) is 4.90 Å². The van der Waals surface area contributed by atoms with Crippen LogP contribution in [0.25, 0.3) is 0 Å². The van der Waals surface area contributed by atoms with Crippen molar-refractivity contribution in [2.75, 3.05) is 36.4 Å². The van der Waals surface area contributed by atoms with Gasteiger partial charge in [0.1, 0.15) is 0 Å². The topological polar surface area (TPSA) is 90.0 Å². The first-order valence-electron chi connectivity index (χ1n) is 9.15. The molecule has 1 heterocycles. The second-order valence-electron chi connectivity index (χ2n) is 6.73. The maximum Gasteiger partial charge on any atom is 0.335 e. The quantitative estimate of drug-likeness (QED) is 0.829. The van der Waals surface area contributed by atoms with Gasteiger partial charge in [-0.25, -0.2) is 4.79 Å². The van der Waals surface area contributed by atoms with Gasteiger partial charge in [0.2, 0.25) is 11.8 Å². The maximum absolute atomic E-state index is 12.3. The minimum Gasteiger partial charge on any atom is -0.478 e. The first-order valence-corrected chi connectivity index (χ1v) is 9.15. The van der Waals surface area contributed by atoms with E-state index in [0.29, 0.717) is 24.3 Å². The molecule has 28 heavy (non-hydrogen) atoms. The van der Waals surface area contributed by atoms with Crippen LogP contribution in [0, 0.1) is 0 Å². The zero-order valence-corrected chi connectivity index (χ0v) is 15.7. The number of carbonyl (C=O) groups is 3. The summed E-state index contributed by atoms with van der Waals surface area (Å²) in [6, 6.07) is 14.0. The summed E-state index contributed by atoms with van der Waals surface area (Å²) < 4.78 is 0. The van der Waals surface area contributed by atoms with Crippen LogP contribution >= 0.6 is 0 Å². The van der Waals surface area contributed by atoms with Crippen LogP contribution in [-0.4, -0.2) is 54.0 Å². The summed E-state index contributed by atoms with van der Waals surface area (Å²) in [4.78, 5) is 39.0. The molecular formula is C21H23N3O4. The molecule has 2 amide bonds. The number of aromatic carboxylic acids is 1. The Kier molecular flexibility index (Phi) is 5.93. The van der Waals surface area contributed by atoms with Gasteiger partial charge >= 0.3 is 5.97 Å².